The Kier molecular flexibility index (Phi) is 4.49. The summed E-state index contributed by atoms with van der Waals surface area (Å²) >= 11 is 4.89. The van der Waals surface area contributed by atoms with Gasteiger partial charge in [0.1, 0.15) is 10.8 Å². The third kappa shape index (κ3) is 3.17. The zero-order valence-corrected chi connectivity index (χ0v) is 10.9. The number of rotatable bonds is 4. The molecule has 1 saturated heterocycles. The largest absolute Gasteiger partial charge is 0.389 e. The number of thiocarbonyl (C=S) groups is 1. The summed E-state index contributed by atoms with van der Waals surface area (Å²) in [5, 5.41) is 3.24. The molecule has 0 radical (unpaired) electrons. The van der Waals surface area contributed by atoms with Crippen LogP contribution >= 0.6 is 12.2 Å². The van der Waals surface area contributed by atoms with Gasteiger partial charge in [-0.2, -0.15) is 0 Å². The third-order valence-electron chi connectivity index (χ3n) is 3.18. The maximum absolute atomic E-state index is 13.6. The Morgan fingerprint density at radius 3 is 2.83 bits per heavy atom. The van der Waals surface area contributed by atoms with Crippen molar-refractivity contribution in [1.29, 1.82) is 0 Å². The summed E-state index contributed by atoms with van der Waals surface area (Å²) in [4.78, 5) is 0.0857. The van der Waals surface area contributed by atoms with Crippen molar-refractivity contribution >= 4 is 22.9 Å². The highest BCUT2D eigenvalue weighted by molar-refractivity contribution is 7.80. The summed E-state index contributed by atoms with van der Waals surface area (Å²) < 4.78 is 18.9. The van der Waals surface area contributed by atoms with Gasteiger partial charge in [0, 0.05) is 25.4 Å². The van der Waals surface area contributed by atoms with Crippen LogP contribution in [0.3, 0.4) is 0 Å². The van der Waals surface area contributed by atoms with Crippen molar-refractivity contribution in [3.8, 4) is 0 Å². The molecule has 0 unspecified atom stereocenters. The van der Waals surface area contributed by atoms with E-state index in [0.29, 0.717) is 17.2 Å². The van der Waals surface area contributed by atoms with Gasteiger partial charge >= 0.3 is 0 Å². The van der Waals surface area contributed by atoms with E-state index in [1.807, 2.05) is 0 Å². The molecule has 1 aromatic carbocycles. The SMILES string of the molecule is NC(=S)c1c(F)cccc1NCC1CCOCC1. The predicted octanol–water partition coefficient (Wildman–Crippen LogP) is 2.30. The van der Waals surface area contributed by atoms with Gasteiger partial charge in [0.2, 0.25) is 0 Å². The first-order valence-electron chi connectivity index (χ1n) is 6.08. The van der Waals surface area contributed by atoms with Crippen LogP contribution in [-0.4, -0.2) is 24.7 Å². The Labute approximate surface area is 112 Å². The van der Waals surface area contributed by atoms with Crippen LogP contribution in [-0.2, 0) is 4.74 Å². The monoisotopic (exact) mass is 268 g/mol. The fraction of sp³-hybridized carbons (Fsp3) is 0.462. The molecule has 0 aromatic heterocycles. The van der Waals surface area contributed by atoms with Gasteiger partial charge in [0.05, 0.1) is 5.56 Å². The normalized spacial score (nSPS) is 16.5. The molecule has 0 saturated carbocycles. The van der Waals surface area contributed by atoms with Crippen LogP contribution in [0.4, 0.5) is 10.1 Å². The van der Waals surface area contributed by atoms with Crippen molar-refractivity contribution in [3.05, 3.63) is 29.6 Å². The van der Waals surface area contributed by atoms with E-state index < -0.39 is 0 Å². The van der Waals surface area contributed by atoms with Crippen LogP contribution in [0.1, 0.15) is 18.4 Å². The van der Waals surface area contributed by atoms with Crippen LogP contribution in [0.15, 0.2) is 18.2 Å². The molecule has 0 amide bonds. The van der Waals surface area contributed by atoms with Crippen LogP contribution in [0.25, 0.3) is 0 Å². The van der Waals surface area contributed by atoms with E-state index in [1.165, 1.54) is 6.07 Å². The van der Waals surface area contributed by atoms with E-state index in [2.05, 4.69) is 5.32 Å². The average Bonchev–Trinajstić information content (AvgIpc) is 2.37. The average molecular weight is 268 g/mol. The van der Waals surface area contributed by atoms with Crippen molar-refractivity contribution in [2.75, 3.05) is 25.1 Å². The van der Waals surface area contributed by atoms with Gasteiger partial charge in [-0.1, -0.05) is 18.3 Å². The summed E-state index contributed by atoms with van der Waals surface area (Å²) in [5.41, 5.74) is 6.54. The molecule has 3 N–H and O–H groups in total. The minimum atomic E-state index is -0.375. The fourth-order valence-corrected chi connectivity index (χ4v) is 2.33. The van der Waals surface area contributed by atoms with Crippen molar-refractivity contribution in [2.24, 2.45) is 11.7 Å². The van der Waals surface area contributed by atoms with Crippen LogP contribution in [0.2, 0.25) is 0 Å². The van der Waals surface area contributed by atoms with Gasteiger partial charge in [0.25, 0.3) is 0 Å². The molecule has 3 nitrogen and oxygen atoms in total. The molecular formula is C13H17FN2OS. The molecule has 18 heavy (non-hydrogen) atoms. The van der Waals surface area contributed by atoms with Gasteiger partial charge in [-0.05, 0) is 30.9 Å². The van der Waals surface area contributed by atoms with Gasteiger partial charge in [-0.25, -0.2) is 4.39 Å². The summed E-state index contributed by atoms with van der Waals surface area (Å²) in [6.45, 7) is 2.40. The number of benzene rings is 1. The second kappa shape index (κ2) is 6.11. The standard InChI is InChI=1S/C13H17FN2OS/c14-10-2-1-3-11(12(10)13(15)18)16-8-9-4-6-17-7-5-9/h1-3,9,16H,4-8H2,(H2,15,18). The first-order valence-corrected chi connectivity index (χ1v) is 6.49. The number of nitrogens with two attached hydrogens (primary N) is 1. The second-order valence-electron chi connectivity index (χ2n) is 4.46. The van der Waals surface area contributed by atoms with Crippen LogP contribution in [0.5, 0.6) is 0 Å². The molecule has 5 heteroatoms. The first kappa shape index (κ1) is 13.2. The Balaban J connectivity index is 2.04. The lowest BCUT2D eigenvalue weighted by molar-refractivity contribution is 0.0699. The Morgan fingerprint density at radius 1 is 1.44 bits per heavy atom. The maximum Gasteiger partial charge on any atom is 0.135 e. The lowest BCUT2D eigenvalue weighted by Crippen LogP contribution is -2.24. The quantitative estimate of drug-likeness (QED) is 0.823. The minimum Gasteiger partial charge on any atom is -0.389 e. The third-order valence-corrected chi connectivity index (χ3v) is 3.39. The highest BCUT2D eigenvalue weighted by Gasteiger charge is 2.15. The molecule has 1 fully saturated rings. The molecule has 98 valence electrons. The van der Waals surface area contributed by atoms with E-state index in [1.54, 1.807) is 12.1 Å². The molecule has 0 atom stereocenters. The van der Waals surface area contributed by atoms with E-state index in [-0.39, 0.29) is 10.8 Å². The topological polar surface area (TPSA) is 47.3 Å². The maximum atomic E-state index is 13.6. The molecule has 0 aliphatic carbocycles. The fourth-order valence-electron chi connectivity index (χ4n) is 2.13. The van der Waals surface area contributed by atoms with E-state index in [4.69, 9.17) is 22.7 Å². The number of nitrogens with one attached hydrogen (secondary N) is 1. The molecule has 1 heterocycles. The van der Waals surface area contributed by atoms with Gasteiger partial charge in [0.15, 0.2) is 0 Å². The molecule has 0 spiro atoms. The summed E-state index contributed by atoms with van der Waals surface area (Å²) in [6.07, 6.45) is 2.06. The van der Waals surface area contributed by atoms with E-state index in [0.717, 1.165) is 32.6 Å². The second-order valence-corrected chi connectivity index (χ2v) is 4.90. The Bertz CT molecular complexity index is 433. The molecule has 1 aliphatic rings. The number of halogens is 1. The molecule has 1 aliphatic heterocycles. The zero-order valence-electron chi connectivity index (χ0n) is 10.1. The highest BCUT2D eigenvalue weighted by atomic mass is 32.1. The van der Waals surface area contributed by atoms with Crippen molar-refractivity contribution in [1.82, 2.24) is 0 Å². The lowest BCUT2D eigenvalue weighted by Gasteiger charge is -2.23. The molecular weight excluding hydrogens is 251 g/mol. The first-order chi connectivity index (χ1) is 8.68. The summed E-state index contributed by atoms with van der Waals surface area (Å²) in [7, 11) is 0. The number of hydrogen-bond acceptors (Lipinski definition) is 3. The molecule has 1 aromatic rings. The molecule has 0 bridgehead atoms. The van der Waals surface area contributed by atoms with Crippen molar-refractivity contribution in [3.63, 3.8) is 0 Å². The lowest BCUT2D eigenvalue weighted by atomic mass is 10.00. The number of hydrogen-bond donors (Lipinski definition) is 2. The van der Waals surface area contributed by atoms with E-state index in [9.17, 15) is 4.39 Å². The van der Waals surface area contributed by atoms with Crippen LogP contribution < -0.4 is 11.1 Å². The molecule has 2 rings (SSSR count). The van der Waals surface area contributed by atoms with Crippen LogP contribution in [0, 0.1) is 11.7 Å². The minimum absolute atomic E-state index is 0.0857. The van der Waals surface area contributed by atoms with Gasteiger partial charge in [-0.15, -0.1) is 0 Å². The van der Waals surface area contributed by atoms with Gasteiger partial charge in [-0.3, -0.25) is 0 Å². The Hall–Kier alpha value is -1.20. The van der Waals surface area contributed by atoms with Gasteiger partial charge < -0.3 is 15.8 Å². The summed E-state index contributed by atoms with van der Waals surface area (Å²) in [6, 6.07) is 4.83. The van der Waals surface area contributed by atoms with Crippen molar-refractivity contribution in [2.45, 2.75) is 12.8 Å². The Morgan fingerprint density at radius 2 is 2.17 bits per heavy atom. The van der Waals surface area contributed by atoms with Crippen molar-refractivity contribution < 1.29 is 9.13 Å². The number of anilines is 1. The highest BCUT2D eigenvalue weighted by Crippen LogP contribution is 2.21. The predicted molar refractivity (Wildman–Crippen MR) is 74.3 cm³/mol. The summed E-state index contributed by atoms with van der Waals surface area (Å²) in [5.74, 6) is 0.181. The zero-order chi connectivity index (χ0) is 13.0. The smallest absolute Gasteiger partial charge is 0.135 e. The van der Waals surface area contributed by atoms with E-state index >= 15 is 0 Å². The number of ether oxygens (including phenoxy) is 1.